The molecular formula is C27H29BF2N4O5. The number of fused-ring (bicyclic) bond motifs is 1. The van der Waals surface area contributed by atoms with Gasteiger partial charge in [-0.3, -0.25) is 14.6 Å². The molecule has 2 unspecified atom stereocenters. The number of nitrogens with one attached hydrogen (secondary N) is 2. The van der Waals surface area contributed by atoms with Gasteiger partial charge in [0.05, 0.1) is 18.2 Å². The van der Waals surface area contributed by atoms with E-state index >= 15 is 8.78 Å². The van der Waals surface area contributed by atoms with Gasteiger partial charge in [0, 0.05) is 23.6 Å². The highest BCUT2D eigenvalue weighted by Crippen LogP contribution is 2.46. The normalized spacial score (nSPS) is 17.9. The monoisotopic (exact) mass is 538 g/mol. The van der Waals surface area contributed by atoms with Crippen LogP contribution in [0.15, 0.2) is 72.0 Å². The van der Waals surface area contributed by atoms with Crippen molar-refractivity contribution in [3.05, 3.63) is 78.1 Å². The van der Waals surface area contributed by atoms with Crippen molar-refractivity contribution in [1.82, 2.24) is 15.6 Å². The summed E-state index contributed by atoms with van der Waals surface area (Å²) in [6.07, 6.45) is 0.963. The Morgan fingerprint density at radius 3 is 2.49 bits per heavy atom. The summed E-state index contributed by atoms with van der Waals surface area (Å²) in [5.74, 6) is -6.96. The van der Waals surface area contributed by atoms with Gasteiger partial charge in [0.2, 0.25) is 0 Å². The van der Waals surface area contributed by atoms with Crippen molar-refractivity contribution in [2.45, 2.75) is 44.2 Å². The first-order chi connectivity index (χ1) is 18.5. The Bertz CT molecular complexity index is 1370. The van der Waals surface area contributed by atoms with Gasteiger partial charge in [-0.1, -0.05) is 73.6 Å². The van der Waals surface area contributed by atoms with Crippen molar-refractivity contribution in [2.24, 2.45) is 11.1 Å². The third-order valence-electron chi connectivity index (χ3n) is 6.54. The minimum absolute atomic E-state index is 0.000649. The van der Waals surface area contributed by atoms with E-state index in [1.54, 1.807) is 38.1 Å². The molecule has 12 heteroatoms. The summed E-state index contributed by atoms with van der Waals surface area (Å²) in [6, 6.07) is 15.6. The molecule has 204 valence electrons. The Hall–Kier alpha value is -3.90. The molecule has 2 heterocycles. The van der Waals surface area contributed by atoms with Crippen molar-refractivity contribution < 1.29 is 33.3 Å². The fourth-order valence-electron chi connectivity index (χ4n) is 4.52. The molecule has 39 heavy (non-hydrogen) atoms. The molecule has 0 saturated carbocycles. The van der Waals surface area contributed by atoms with E-state index in [0.717, 1.165) is 17.5 Å². The molecule has 2 amide bonds. The van der Waals surface area contributed by atoms with Crippen LogP contribution in [0.2, 0.25) is 0 Å². The summed E-state index contributed by atoms with van der Waals surface area (Å²) >= 11 is 0. The lowest BCUT2D eigenvalue weighted by molar-refractivity contribution is -0.207. The van der Waals surface area contributed by atoms with Gasteiger partial charge in [-0.25, -0.2) is 0 Å². The molecular weight excluding hydrogens is 509 g/mol. The first-order valence-corrected chi connectivity index (χ1v) is 12.5. The van der Waals surface area contributed by atoms with Crippen LogP contribution in [0.25, 0.3) is 10.8 Å². The molecule has 3 aromatic rings. The highest BCUT2D eigenvalue weighted by atomic mass is 19.3. The molecule has 9 nitrogen and oxygen atoms in total. The number of carbonyl (C=O) groups excluding carboxylic acids is 2. The van der Waals surface area contributed by atoms with Crippen LogP contribution < -0.4 is 10.6 Å². The van der Waals surface area contributed by atoms with Gasteiger partial charge in [-0.05, 0) is 23.8 Å². The number of hydrogen-bond acceptors (Lipinski definition) is 7. The molecule has 1 aliphatic heterocycles. The lowest BCUT2D eigenvalue weighted by atomic mass is 9.74. The van der Waals surface area contributed by atoms with E-state index in [0.29, 0.717) is 5.39 Å². The lowest BCUT2D eigenvalue weighted by Gasteiger charge is -2.35. The molecule has 2 aromatic carbocycles. The van der Waals surface area contributed by atoms with Crippen LogP contribution in [0.5, 0.6) is 0 Å². The van der Waals surface area contributed by atoms with E-state index in [9.17, 15) is 19.6 Å². The van der Waals surface area contributed by atoms with Crippen LogP contribution in [0, 0.1) is 5.92 Å². The van der Waals surface area contributed by atoms with Crippen LogP contribution >= 0.6 is 0 Å². The third-order valence-corrected chi connectivity index (χ3v) is 6.54. The maximum atomic E-state index is 16.0. The highest BCUT2D eigenvalue weighted by molar-refractivity contribution is 6.43. The average Bonchev–Trinajstić information content (AvgIpc) is 3.37. The number of alkyl halides is 2. The van der Waals surface area contributed by atoms with Crippen LogP contribution in [0.1, 0.15) is 42.7 Å². The Morgan fingerprint density at radius 1 is 1.10 bits per heavy atom. The highest BCUT2D eigenvalue weighted by Gasteiger charge is 2.66. The Kier molecular flexibility index (Phi) is 8.26. The number of amides is 2. The van der Waals surface area contributed by atoms with Crippen LogP contribution in [-0.4, -0.2) is 57.8 Å². The average molecular weight is 538 g/mol. The number of pyridine rings is 1. The first kappa shape index (κ1) is 28.1. The van der Waals surface area contributed by atoms with Gasteiger partial charge in [0.1, 0.15) is 5.69 Å². The summed E-state index contributed by atoms with van der Waals surface area (Å²) < 4.78 is 32.0. The lowest BCUT2D eigenvalue weighted by Crippen LogP contribution is -2.61. The number of nitrogens with zero attached hydrogens (tertiary/aromatic N) is 2. The number of aromatic nitrogens is 1. The van der Waals surface area contributed by atoms with Crippen LogP contribution in [0.3, 0.4) is 0 Å². The quantitative estimate of drug-likeness (QED) is 0.294. The van der Waals surface area contributed by atoms with E-state index in [4.69, 9.17) is 4.84 Å². The summed E-state index contributed by atoms with van der Waals surface area (Å²) in [7, 11) is -1.98. The molecule has 4 rings (SSSR count). The fraction of sp³-hybridized carbons (Fsp3) is 0.333. The molecule has 1 aromatic heterocycles. The minimum atomic E-state index is -3.87. The standard InChI is InChI=1S/C27H29BF2N4O5/c1-17(2)14-22(28(37)38)33-25(36)26(27(29,30)19-9-4-3-5-10-19)15-20(34-39-26)16-32-24(35)23-21-11-7-6-8-18(21)12-13-31-23/h3-13,17,22,37-38H,14-16H2,1-2H3,(H,32,35)(H,33,36). The van der Waals surface area contributed by atoms with E-state index in [1.807, 2.05) is 12.1 Å². The third kappa shape index (κ3) is 5.76. The molecule has 0 saturated heterocycles. The van der Waals surface area contributed by atoms with Crippen LogP contribution in [0.4, 0.5) is 8.78 Å². The first-order valence-electron chi connectivity index (χ1n) is 12.5. The molecule has 0 fully saturated rings. The number of halogens is 2. The summed E-state index contributed by atoms with van der Waals surface area (Å²) in [6.45, 7) is 3.30. The molecule has 0 aliphatic carbocycles. The minimum Gasteiger partial charge on any atom is -0.426 e. The SMILES string of the molecule is CC(C)CC(NC(=O)C1(C(F)(F)c2ccccc2)CC(CNC(=O)c2nccc3ccccc23)=NO1)B(O)O. The smallest absolute Gasteiger partial charge is 0.426 e. The van der Waals surface area contributed by atoms with E-state index in [-0.39, 0.29) is 30.3 Å². The number of oxime groups is 1. The maximum absolute atomic E-state index is 16.0. The number of carbonyl (C=O) groups is 2. The molecule has 0 spiro atoms. The van der Waals surface area contributed by atoms with Crippen molar-refractivity contribution >= 4 is 35.4 Å². The fourth-order valence-corrected chi connectivity index (χ4v) is 4.52. The van der Waals surface area contributed by atoms with Gasteiger partial charge in [0.25, 0.3) is 17.4 Å². The van der Waals surface area contributed by atoms with Crippen molar-refractivity contribution in [1.29, 1.82) is 0 Å². The summed E-state index contributed by atoms with van der Waals surface area (Å²) in [4.78, 5) is 35.7. The second-order valence-electron chi connectivity index (χ2n) is 9.88. The zero-order valence-corrected chi connectivity index (χ0v) is 21.5. The molecule has 2 atom stereocenters. The Balaban J connectivity index is 1.57. The summed E-state index contributed by atoms with van der Waals surface area (Å²) in [5, 5.41) is 29.7. The predicted octanol–water partition coefficient (Wildman–Crippen LogP) is 2.81. The second kappa shape index (κ2) is 11.5. The van der Waals surface area contributed by atoms with Gasteiger partial charge < -0.3 is 25.5 Å². The summed E-state index contributed by atoms with van der Waals surface area (Å²) in [5.41, 5.74) is -3.15. The number of rotatable bonds is 10. The molecule has 0 bridgehead atoms. The number of benzene rings is 2. The van der Waals surface area contributed by atoms with Gasteiger partial charge >= 0.3 is 13.0 Å². The van der Waals surface area contributed by atoms with Crippen LogP contribution in [-0.2, 0) is 15.6 Å². The van der Waals surface area contributed by atoms with E-state index < -0.39 is 48.4 Å². The molecule has 0 radical (unpaired) electrons. The zero-order valence-electron chi connectivity index (χ0n) is 21.5. The molecule has 1 aliphatic rings. The van der Waals surface area contributed by atoms with Crippen molar-refractivity contribution in [3.8, 4) is 0 Å². The van der Waals surface area contributed by atoms with E-state index in [1.165, 1.54) is 18.3 Å². The van der Waals surface area contributed by atoms with Gasteiger partial charge in [-0.15, -0.1) is 0 Å². The van der Waals surface area contributed by atoms with E-state index in [2.05, 4.69) is 20.8 Å². The van der Waals surface area contributed by atoms with Gasteiger partial charge in [0.15, 0.2) is 0 Å². The largest absolute Gasteiger partial charge is 0.475 e. The molecule has 4 N–H and O–H groups in total. The van der Waals surface area contributed by atoms with Gasteiger partial charge in [-0.2, -0.15) is 8.78 Å². The second-order valence-corrected chi connectivity index (χ2v) is 9.88. The maximum Gasteiger partial charge on any atom is 0.475 e. The Labute approximate surface area is 224 Å². The van der Waals surface area contributed by atoms with Crippen molar-refractivity contribution in [2.75, 3.05) is 6.54 Å². The predicted molar refractivity (Wildman–Crippen MR) is 142 cm³/mol. The Morgan fingerprint density at radius 2 is 1.79 bits per heavy atom. The topological polar surface area (TPSA) is 133 Å². The zero-order chi connectivity index (χ0) is 28.2. The number of hydrogen-bond donors (Lipinski definition) is 4. The van der Waals surface area contributed by atoms with Crippen molar-refractivity contribution in [3.63, 3.8) is 0 Å².